The lowest BCUT2D eigenvalue weighted by molar-refractivity contribution is 0.951. The predicted octanol–water partition coefficient (Wildman–Crippen LogP) is 5.20. The number of fused-ring (bicyclic) bond motifs is 1. The van der Waals surface area contributed by atoms with Gasteiger partial charge in [-0.25, -0.2) is 9.97 Å². The Morgan fingerprint density at radius 3 is 2.19 bits per heavy atom. The minimum Gasteiger partial charge on any atom is -0.233 e. The number of nitrogens with zero attached hydrogens (tertiary/aromatic N) is 2. The zero-order valence-corrected chi connectivity index (χ0v) is 12.6. The average molecular weight is 276 g/mol. The summed E-state index contributed by atoms with van der Waals surface area (Å²) in [6.07, 6.45) is 2.46. The highest BCUT2D eigenvalue weighted by atomic mass is 14.9. The molecule has 0 radical (unpaired) electrons. The molecule has 1 aliphatic rings. The van der Waals surface area contributed by atoms with Gasteiger partial charge in [0.25, 0.3) is 0 Å². The van der Waals surface area contributed by atoms with Crippen molar-refractivity contribution < 1.29 is 0 Å². The SMILES string of the molecule is CC.c1ccc(-c2nc(C3CC3)nc3ccccc23)cc1. The molecule has 0 bridgehead atoms. The molecule has 2 nitrogen and oxygen atoms in total. The smallest absolute Gasteiger partial charge is 0.132 e. The topological polar surface area (TPSA) is 25.8 Å². The Balaban J connectivity index is 0.000000636. The van der Waals surface area contributed by atoms with Gasteiger partial charge in [0.05, 0.1) is 11.2 Å². The van der Waals surface area contributed by atoms with Crippen LogP contribution in [0.2, 0.25) is 0 Å². The van der Waals surface area contributed by atoms with Gasteiger partial charge in [0.15, 0.2) is 0 Å². The number of benzene rings is 2. The maximum atomic E-state index is 4.82. The highest BCUT2D eigenvalue weighted by Gasteiger charge is 2.27. The first-order valence-electron chi connectivity index (χ1n) is 7.74. The average Bonchev–Trinajstić information content (AvgIpc) is 3.41. The Morgan fingerprint density at radius 2 is 1.48 bits per heavy atom. The second-order valence-electron chi connectivity index (χ2n) is 5.09. The van der Waals surface area contributed by atoms with Gasteiger partial charge in [-0.15, -0.1) is 0 Å². The summed E-state index contributed by atoms with van der Waals surface area (Å²) in [6, 6.07) is 18.7. The van der Waals surface area contributed by atoms with E-state index in [9.17, 15) is 0 Å². The van der Waals surface area contributed by atoms with E-state index in [2.05, 4.69) is 42.5 Å². The van der Waals surface area contributed by atoms with Crippen molar-refractivity contribution in [1.82, 2.24) is 9.97 Å². The fourth-order valence-corrected chi connectivity index (χ4v) is 2.43. The van der Waals surface area contributed by atoms with Crippen LogP contribution in [0.4, 0.5) is 0 Å². The molecule has 21 heavy (non-hydrogen) atoms. The second kappa shape index (κ2) is 6.04. The van der Waals surface area contributed by atoms with Crippen LogP contribution in [0.1, 0.15) is 38.4 Å². The van der Waals surface area contributed by atoms with Gasteiger partial charge in [-0.1, -0.05) is 62.4 Å². The summed E-state index contributed by atoms with van der Waals surface area (Å²) in [7, 11) is 0. The summed E-state index contributed by atoms with van der Waals surface area (Å²) in [5.41, 5.74) is 3.29. The Hall–Kier alpha value is -2.22. The van der Waals surface area contributed by atoms with Gasteiger partial charge >= 0.3 is 0 Å². The minimum absolute atomic E-state index is 0.576. The van der Waals surface area contributed by atoms with Crippen LogP contribution in [0.5, 0.6) is 0 Å². The molecular weight excluding hydrogens is 256 g/mol. The highest BCUT2D eigenvalue weighted by Crippen LogP contribution is 2.39. The first kappa shape index (κ1) is 13.7. The molecule has 106 valence electrons. The fraction of sp³-hybridized carbons (Fsp3) is 0.263. The van der Waals surface area contributed by atoms with Gasteiger partial charge in [0, 0.05) is 16.9 Å². The molecular formula is C19H20N2. The van der Waals surface area contributed by atoms with E-state index in [0.717, 1.165) is 22.4 Å². The number of aromatic nitrogens is 2. The Kier molecular flexibility index (Phi) is 3.96. The number of hydrogen-bond acceptors (Lipinski definition) is 2. The van der Waals surface area contributed by atoms with Crippen LogP contribution < -0.4 is 0 Å². The molecule has 0 amide bonds. The molecule has 0 saturated heterocycles. The van der Waals surface area contributed by atoms with Crippen molar-refractivity contribution in [3.63, 3.8) is 0 Å². The third-order valence-electron chi connectivity index (χ3n) is 3.61. The molecule has 1 aromatic heterocycles. The first-order valence-corrected chi connectivity index (χ1v) is 7.74. The zero-order valence-electron chi connectivity index (χ0n) is 12.6. The van der Waals surface area contributed by atoms with Crippen LogP contribution >= 0.6 is 0 Å². The molecule has 4 rings (SSSR count). The van der Waals surface area contributed by atoms with Gasteiger partial charge in [0.1, 0.15) is 5.82 Å². The lowest BCUT2D eigenvalue weighted by atomic mass is 10.1. The summed E-state index contributed by atoms with van der Waals surface area (Å²) in [4.78, 5) is 9.53. The normalized spacial score (nSPS) is 13.6. The summed E-state index contributed by atoms with van der Waals surface area (Å²) >= 11 is 0. The zero-order chi connectivity index (χ0) is 14.7. The van der Waals surface area contributed by atoms with Crippen LogP contribution in [0.25, 0.3) is 22.2 Å². The van der Waals surface area contributed by atoms with Gasteiger partial charge in [-0.2, -0.15) is 0 Å². The van der Waals surface area contributed by atoms with Crippen molar-refractivity contribution in [2.45, 2.75) is 32.6 Å². The second-order valence-corrected chi connectivity index (χ2v) is 5.09. The number of hydrogen-bond donors (Lipinski definition) is 0. The van der Waals surface area contributed by atoms with Gasteiger partial charge in [-0.3, -0.25) is 0 Å². The van der Waals surface area contributed by atoms with E-state index in [-0.39, 0.29) is 0 Å². The monoisotopic (exact) mass is 276 g/mol. The van der Waals surface area contributed by atoms with Gasteiger partial charge in [-0.05, 0) is 18.9 Å². The van der Waals surface area contributed by atoms with Gasteiger partial charge in [0.2, 0.25) is 0 Å². The standard InChI is InChI=1S/C17H14N2.C2H6/c1-2-6-12(7-3-1)16-14-8-4-5-9-15(14)18-17(19-16)13-10-11-13;1-2/h1-9,13H,10-11H2;1-2H3. The maximum Gasteiger partial charge on any atom is 0.132 e. The molecule has 1 aliphatic carbocycles. The third kappa shape index (κ3) is 2.80. The van der Waals surface area contributed by atoms with E-state index in [1.54, 1.807) is 0 Å². The third-order valence-corrected chi connectivity index (χ3v) is 3.61. The Bertz CT molecular complexity index is 731. The quantitative estimate of drug-likeness (QED) is 0.643. The van der Waals surface area contributed by atoms with E-state index in [1.807, 2.05) is 26.0 Å². The van der Waals surface area contributed by atoms with Gasteiger partial charge < -0.3 is 0 Å². The molecule has 2 aromatic carbocycles. The van der Waals surface area contributed by atoms with E-state index in [1.165, 1.54) is 18.4 Å². The number of rotatable bonds is 2. The molecule has 0 unspecified atom stereocenters. The van der Waals surface area contributed by atoms with Crippen LogP contribution in [-0.2, 0) is 0 Å². The lowest BCUT2D eigenvalue weighted by Gasteiger charge is -2.08. The fourth-order valence-electron chi connectivity index (χ4n) is 2.43. The van der Waals surface area contributed by atoms with Crippen LogP contribution in [0.15, 0.2) is 54.6 Å². The molecule has 0 atom stereocenters. The van der Waals surface area contributed by atoms with E-state index >= 15 is 0 Å². The van der Waals surface area contributed by atoms with E-state index < -0.39 is 0 Å². The van der Waals surface area contributed by atoms with Crippen molar-refractivity contribution in [2.24, 2.45) is 0 Å². The molecule has 3 aromatic rings. The number of para-hydroxylation sites is 1. The van der Waals surface area contributed by atoms with Crippen LogP contribution in [0, 0.1) is 0 Å². The summed E-state index contributed by atoms with van der Waals surface area (Å²) in [5, 5.41) is 1.14. The van der Waals surface area contributed by atoms with E-state index in [4.69, 9.17) is 9.97 Å². The van der Waals surface area contributed by atoms with Crippen molar-refractivity contribution >= 4 is 10.9 Å². The van der Waals surface area contributed by atoms with Crippen LogP contribution in [0.3, 0.4) is 0 Å². The van der Waals surface area contributed by atoms with Crippen molar-refractivity contribution in [2.75, 3.05) is 0 Å². The van der Waals surface area contributed by atoms with Crippen molar-refractivity contribution in [1.29, 1.82) is 0 Å². The highest BCUT2D eigenvalue weighted by molar-refractivity contribution is 5.92. The minimum atomic E-state index is 0.576. The molecule has 1 saturated carbocycles. The molecule has 2 heteroatoms. The maximum absolute atomic E-state index is 4.82. The summed E-state index contributed by atoms with van der Waals surface area (Å²) < 4.78 is 0. The lowest BCUT2D eigenvalue weighted by Crippen LogP contribution is -1.96. The predicted molar refractivity (Wildman–Crippen MR) is 88.3 cm³/mol. The van der Waals surface area contributed by atoms with Crippen molar-refractivity contribution in [3.8, 4) is 11.3 Å². The van der Waals surface area contributed by atoms with Crippen LogP contribution in [-0.4, -0.2) is 9.97 Å². The Morgan fingerprint density at radius 1 is 0.810 bits per heavy atom. The molecule has 0 N–H and O–H groups in total. The molecule has 0 aliphatic heterocycles. The van der Waals surface area contributed by atoms with Crippen molar-refractivity contribution in [3.05, 3.63) is 60.4 Å². The summed E-state index contributed by atoms with van der Waals surface area (Å²) in [5.74, 6) is 1.59. The van der Waals surface area contributed by atoms with E-state index in [0.29, 0.717) is 5.92 Å². The largest absolute Gasteiger partial charge is 0.233 e. The Labute approximate surface area is 125 Å². The first-order chi connectivity index (χ1) is 10.4. The molecule has 0 spiro atoms. The summed E-state index contributed by atoms with van der Waals surface area (Å²) in [6.45, 7) is 4.00. The molecule has 1 fully saturated rings. The molecule has 1 heterocycles.